The zero-order valence-electron chi connectivity index (χ0n) is 17.6. The third-order valence-electron chi connectivity index (χ3n) is 6.92. The number of amides is 1. The maximum Gasteiger partial charge on any atom is 0.239 e. The van der Waals surface area contributed by atoms with Gasteiger partial charge >= 0.3 is 0 Å². The van der Waals surface area contributed by atoms with Gasteiger partial charge in [-0.15, -0.1) is 10.2 Å². The summed E-state index contributed by atoms with van der Waals surface area (Å²) in [5, 5.41) is 12.8. The second-order valence-corrected chi connectivity index (χ2v) is 9.25. The van der Waals surface area contributed by atoms with E-state index in [2.05, 4.69) is 31.3 Å². The van der Waals surface area contributed by atoms with Crippen LogP contribution in [0.1, 0.15) is 38.5 Å². The number of hydrazine groups is 1. The van der Waals surface area contributed by atoms with E-state index in [0.29, 0.717) is 17.0 Å². The van der Waals surface area contributed by atoms with E-state index >= 15 is 0 Å². The minimum Gasteiger partial charge on any atom is -0.355 e. The topological polar surface area (TPSA) is 82.2 Å². The van der Waals surface area contributed by atoms with Gasteiger partial charge in [0.2, 0.25) is 5.91 Å². The van der Waals surface area contributed by atoms with Gasteiger partial charge in [-0.25, -0.2) is 5.43 Å². The highest BCUT2D eigenvalue weighted by Gasteiger charge is 2.41. The fraction of sp³-hybridized carbons (Fsp3) is 0.522. The monoisotopic (exact) mass is 440 g/mol. The molecule has 3 atom stereocenters. The highest BCUT2D eigenvalue weighted by Crippen LogP contribution is 2.30. The molecule has 3 N–H and O–H groups in total. The van der Waals surface area contributed by atoms with E-state index in [9.17, 15) is 4.79 Å². The van der Waals surface area contributed by atoms with Crippen LogP contribution in [0.25, 0.3) is 11.3 Å². The molecular weight excluding hydrogens is 412 g/mol. The van der Waals surface area contributed by atoms with Crippen molar-refractivity contribution in [3.63, 3.8) is 0 Å². The Kier molecular flexibility index (Phi) is 6.07. The van der Waals surface area contributed by atoms with Crippen molar-refractivity contribution in [3.8, 4) is 11.3 Å². The predicted octanol–water partition coefficient (Wildman–Crippen LogP) is 2.92. The molecule has 3 fully saturated rings. The van der Waals surface area contributed by atoms with Crippen LogP contribution in [0.3, 0.4) is 0 Å². The molecule has 31 heavy (non-hydrogen) atoms. The molecule has 1 aromatic heterocycles. The first-order valence-electron chi connectivity index (χ1n) is 11.3. The zero-order chi connectivity index (χ0) is 21.2. The Morgan fingerprint density at radius 3 is 2.58 bits per heavy atom. The van der Waals surface area contributed by atoms with Crippen molar-refractivity contribution >= 4 is 23.3 Å². The minimum absolute atomic E-state index is 0.105. The highest BCUT2D eigenvalue weighted by atomic mass is 35.5. The third-order valence-corrected chi connectivity index (χ3v) is 7.25. The lowest BCUT2D eigenvalue weighted by Gasteiger charge is -2.34. The highest BCUT2D eigenvalue weighted by molar-refractivity contribution is 6.33. The maximum absolute atomic E-state index is 12.9. The number of halogens is 1. The van der Waals surface area contributed by atoms with Crippen molar-refractivity contribution in [1.29, 1.82) is 0 Å². The molecule has 1 saturated carbocycles. The smallest absolute Gasteiger partial charge is 0.239 e. The van der Waals surface area contributed by atoms with E-state index in [0.717, 1.165) is 55.8 Å². The largest absolute Gasteiger partial charge is 0.355 e. The number of hydrogen-bond acceptors (Lipinski definition) is 6. The molecule has 2 aromatic rings. The lowest BCUT2D eigenvalue weighted by atomic mass is 9.81. The quantitative estimate of drug-likeness (QED) is 0.678. The molecule has 1 aromatic carbocycles. The molecule has 1 amide bonds. The van der Waals surface area contributed by atoms with Crippen molar-refractivity contribution in [2.24, 2.45) is 5.92 Å². The number of aromatic nitrogens is 2. The average molecular weight is 441 g/mol. The normalized spacial score (nSPS) is 26.5. The molecule has 7 nitrogen and oxygen atoms in total. The number of nitrogens with zero attached hydrogens (tertiary/aromatic N) is 3. The van der Waals surface area contributed by atoms with Crippen molar-refractivity contribution in [2.75, 3.05) is 18.0 Å². The van der Waals surface area contributed by atoms with E-state index < -0.39 is 0 Å². The number of hydrogen-bond donors (Lipinski definition) is 3. The number of carbonyl (C=O) groups is 1. The number of piperidine rings is 1. The van der Waals surface area contributed by atoms with Crippen LogP contribution in [-0.2, 0) is 4.79 Å². The lowest BCUT2D eigenvalue weighted by molar-refractivity contribution is -0.124. The Bertz CT molecular complexity index is 915. The zero-order valence-corrected chi connectivity index (χ0v) is 18.3. The Morgan fingerprint density at radius 1 is 1.00 bits per heavy atom. The van der Waals surface area contributed by atoms with Gasteiger partial charge in [0.15, 0.2) is 5.82 Å². The van der Waals surface area contributed by atoms with Crippen LogP contribution in [0.5, 0.6) is 0 Å². The van der Waals surface area contributed by atoms with Crippen molar-refractivity contribution < 1.29 is 4.79 Å². The Balaban J connectivity index is 1.15. The minimum atomic E-state index is -0.105. The van der Waals surface area contributed by atoms with Gasteiger partial charge in [-0.3, -0.25) is 10.2 Å². The van der Waals surface area contributed by atoms with Crippen LogP contribution in [0, 0.1) is 5.92 Å². The summed E-state index contributed by atoms with van der Waals surface area (Å²) >= 11 is 6.27. The van der Waals surface area contributed by atoms with Gasteiger partial charge in [0, 0.05) is 36.7 Å². The molecule has 3 unspecified atom stereocenters. The summed E-state index contributed by atoms with van der Waals surface area (Å²) in [6.07, 6.45) is 6.59. The molecule has 0 radical (unpaired) electrons. The van der Waals surface area contributed by atoms with Gasteiger partial charge < -0.3 is 10.2 Å². The molecule has 2 saturated heterocycles. The van der Waals surface area contributed by atoms with Crippen molar-refractivity contribution in [1.82, 2.24) is 26.4 Å². The molecule has 5 rings (SSSR count). The van der Waals surface area contributed by atoms with Crippen LogP contribution < -0.4 is 21.1 Å². The van der Waals surface area contributed by atoms with Crippen LogP contribution in [0.2, 0.25) is 5.02 Å². The van der Waals surface area contributed by atoms with Crippen LogP contribution >= 0.6 is 11.6 Å². The Labute approximate surface area is 187 Å². The first-order valence-corrected chi connectivity index (χ1v) is 11.7. The van der Waals surface area contributed by atoms with Gasteiger partial charge in [-0.05, 0) is 43.9 Å². The fourth-order valence-corrected chi connectivity index (χ4v) is 5.38. The molecule has 2 aliphatic heterocycles. The standard InChI is InChI=1S/C23H29ClN6O/c24-18-7-3-1-5-16(18)20-9-10-21(28-26-20)30-13-11-15(12-14-30)25-23(31)22-17-6-2-4-8-19(17)27-29-22/h1,3,5,7,9-10,15,17,19,22,27,29H,2,4,6,8,11-14H2,(H,25,31). The van der Waals surface area contributed by atoms with Gasteiger partial charge in [0.25, 0.3) is 0 Å². The number of nitrogens with one attached hydrogen (secondary N) is 3. The molecule has 1 aliphatic carbocycles. The first-order chi connectivity index (χ1) is 15.2. The summed E-state index contributed by atoms with van der Waals surface area (Å²) in [6.45, 7) is 1.71. The Hall–Kier alpha value is -2.22. The molecular formula is C23H29ClN6O. The van der Waals surface area contributed by atoms with E-state index in [4.69, 9.17) is 11.6 Å². The molecule has 3 heterocycles. The summed E-state index contributed by atoms with van der Waals surface area (Å²) in [4.78, 5) is 15.1. The van der Waals surface area contributed by atoms with Gasteiger partial charge in [0.05, 0.1) is 10.7 Å². The molecule has 0 spiro atoms. The average Bonchev–Trinajstić information content (AvgIpc) is 3.25. The van der Waals surface area contributed by atoms with Gasteiger partial charge in [-0.2, -0.15) is 0 Å². The number of rotatable bonds is 4. The predicted molar refractivity (Wildman–Crippen MR) is 122 cm³/mol. The van der Waals surface area contributed by atoms with Crippen LogP contribution in [0.4, 0.5) is 5.82 Å². The number of fused-ring (bicyclic) bond motifs is 1. The summed E-state index contributed by atoms with van der Waals surface area (Å²) in [6, 6.07) is 12.2. The number of carbonyl (C=O) groups excluding carboxylic acids is 1. The van der Waals surface area contributed by atoms with Crippen LogP contribution in [-0.4, -0.2) is 47.3 Å². The summed E-state index contributed by atoms with van der Waals surface area (Å²) < 4.78 is 0. The molecule has 164 valence electrons. The third kappa shape index (κ3) is 4.40. The second-order valence-electron chi connectivity index (χ2n) is 8.85. The molecule has 3 aliphatic rings. The van der Waals surface area contributed by atoms with Gasteiger partial charge in [-0.1, -0.05) is 42.6 Å². The lowest BCUT2D eigenvalue weighted by Crippen LogP contribution is -2.52. The first kappa shape index (κ1) is 20.7. The molecule has 8 heteroatoms. The van der Waals surface area contributed by atoms with Gasteiger partial charge in [0.1, 0.15) is 6.04 Å². The van der Waals surface area contributed by atoms with E-state index in [1.807, 2.05) is 36.4 Å². The van der Waals surface area contributed by atoms with Crippen LogP contribution in [0.15, 0.2) is 36.4 Å². The summed E-state index contributed by atoms with van der Waals surface area (Å²) in [7, 11) is 0. The van der Waals surface area contributed by atoms with E-state index in [1.165, 1.54) is 12.8 Å². The second kappa shape index (κ2) is 9.10. The van der Waals surface area contributed by atoms with Crippen molar-refractivity contribution in [2.45, 2.75) is 56.7 Å². The Morgan fingerprint density at radius 2 is 1.81 bits per heavy atom. The fourth-order valence-electron chi connectivity index (χ4n) is 5.15. The number of benzene rings is 1. The maximum atomic E-state index is 12.9. The van der Waals surface area contributed by atoms with E-state index in [-0.39, 0.29) is 18.0 Å². The number of anilines is 1. The SMILES string of the molecule is O=C(NC1CCN(c2ccc(-c3ccccc3Cl)nn2)CC1)C1NNC2CCCCC21. The van der Waals surface area contributed by atoms with E-state index in [1.54, 1.807) is 0 Å². The summed E-state index contributed by atoms with van der Waals surface area (Å²) in [5.41, 5.74) is 8.24. The molecule has 0 bridgehead atoms. The summed E-state index contributed by atoms with van der Waals surface area (Å²) in [5.74, 6) is 1.43. The van der Waals surface area contributed by atoms with Crippen molar-refractivity contribution in [3.05, 3.63) is 41.4 Å².